The summed E-state index contributed by atoms with van der Waals surface area (Å²) in [6.07, 6.45) is 0.991. The summed E-state index contributed by atoms with van der Waals surface area (Å²) in [6.45, 7) is 16.8. The summed E-state index contributed by atoms with van der Waals surface area (Å²) in [5.74, 6) is -4.68. The highest BCUT2D eigenvalue weighted by molar-refractivity contribution is 8.00. The topological polar surface area (TPSA) is 220 Å². The molecule has 4 atom stereocenters. The Morgan fingerprint density at radius 1 is 0.660 bits per heavy atom. The van der Waals surface area contributed by atoms with Crippen LogP contribution in [0.1, 0.15) is 81.6 Å². The van der Waals surface area contributed by atoms with Crippen molar-refractivity contribution in [2.45, 2.75) is 106 Å². The predicted molar refractivity (Wildman–Crippen MR) is 184 cm³/mol. The minimum Gasteiger partial charge on any atom is -0.480 e. The van der Waals surface area contributed by atoms with Gasteiger partial charge in [-0.25, -0.2) is 9.59 Å². The number of amides is 5. The van der Waals surface area contributed by atoms with Gasteiger partial charge in [0.1, 0.15) is 24.2 Å². The number of carbonyl (C=O) groups is 7. The Bertz CT molecular complexity index is 1090. The molecule has 0 heterocycles. The van der Waals surface area contributed by atoms with Crippen LogP contribution in [0.5, 0.6) is 0 Å². The maximum absolute atomic E-state index is 12.9. The maximum Gasteiger partial charge on any atom is 0.328 e. The first-order valence-corrected chi connectivity index (χ1v) is 17.9. The molecule has 270 valence electrons. The highest BCUT2D eigenvalue weighted by Crippen LogP contribution is 2.21. The van der Waals surface area contributed by atoms with Gasteiger partial charge in [-0.1, -0.05) is 55.4 Å². The van der Waals surface area contributed by atoms with Gasteiger partial charge in [-0.05, 0) is 35.8 Å². The van der Waals surface area contributed by atoms with Gasteiger partial charge in [-0.2, -0.15) is 11.8 Å². The molecule has 0 saturated carbocycles. The zero-order valence-electron chi connectivity index (χ0n) is 29.1. The summed E-state index contributed by atoms with van der Waals surface area (Å²) in [5, 5.41) is 31.4. The number of thioether (sulfide) groups is 2. The Morgan fingerprint density at radius 2 is 1.23 bits per heavy atom. The predicted octanol–water partition coefficient (Wildman–Crippen LogP) is 1.62. The third-order valence-electron chi connectivity index (χ3n) is 6.40. The molecule has 0 aromatic heterocycles. The molecule has 47 heavy (non-hydrogen) atoms. The zero-order valence-corrected chi connectivity index (χ0v) is 30.7. The molecule has 0 aromatic rings. The lowest BCUT2D eigenvalue weighted by atomic mass is 9.90. The Morgan fingerprint density at radius 3 is 1.74 bits per heavy atom. The van der Waals surface area contributed by atoms with E-state index < -0.39 is 59.7 Å². The van der Waals surface area contributed by atoms with Crippen molar-refractivity contribution in [3.05, 3.63) is 0 Å². The van der Waals surface area contributed by atoms with E-state index in [2.05, 4.69) is 47.4 Å². The molecule has 16 heteroatoms. The summed E-state index contributed by atoms with van der Waals surface area (Å²) in [5.41, 5.74) is 0.0405. The quantitative estimate of drug-likeness (QED) is 0.0851. The van der Waals surface area contributed by atoms with E-state index in [1.54, 1.807) is 25.6 Å². The average Bonchev–Trinajstić information content (AvgIpc) is 2.92. The van der Waals surface area contributed by atoms with Crippen molar-refractivity contribution in [2.75, 3.05) is 29.6 Å². The summed E-state index contributed by atoms with van der Waals surface area (Å²) in [4.78, 5) is 85.8. The van der Waals surface area contributed by atoms with Gasteiger partial charge in [0.25, 0.3) is 0 Å². The molecule has 2 unspecified atom stereocenters. The van der Waals surface area contributed by atoms with Crippen molar-refractivity contribution in [1.82, 2.24) is 26.6 Å². The van der Waals surface area contributed by atoms with Crippen LogP contribution in [0.4, 0.5) is 0 Å². The molecule has 14 nitrogen and oxygen atoms in total. The monoisotopic (exact) mass is 705 g/mol. The van der Waals surface area contributed by atoms with Gasteiger partial charge in [-0.15, -0.1) is 11.8 Å². The lowest BCUT2D eigenvalue weighted by molar-refractivity contribution is -0.142. The van der Waals surface area contributed by atoms with Crippen LogP contribution < -0.4 is 26.6 Å². The Labute approximate surface area is 286 Å². The SMILES string of the molecule is CC(C)[C@H](NC(=O)CCC(C)(C)C)C(=O)N[C@@H](C)C(=O)NC(CSCC(=O)NCC(NC(=O)CCSCC(C)(C)C)C(=O)O)C(=O)O. The normalized spacial score (nSPS) is 14.3. The molecule has 0 aliphatic heterocycles. The van der Waals surface area contributed by atoms with Crippen molar-refractivity contribution in [3.8, 4) is 0 Å². The maximum atomic E-state index is 12.9. The minimum absolute atomic E-state index is 0.0600. The summed E-state index contributed by atoms with van der Waals surface area (Å²) >= 11 is 2.48. The lowest BCUT2D eigenvalue weighted by Gasteiger charge is -2.25. The van der Waals surface area contributed by atoms with E-state index in [1.165, 1.54) is 6.92 Å². The molecule has 0 saturated heterocycles. The smallest absolute Gasteiger partial charge is 0.328 e. The van der Waals surface area contributed by atoms with Crippen molar-refractivity contribution >= 4 is 65.0 Å². The molecule has 5 amide bonds. The van der Waals surface area contributed by atoms with Crippen LogP contribution in [-0.2, 0) is 33.6 Å². The van der Waals surface area contributed by atoms with Gasteiger partial charge in [0.05, 0.1) is 5.75 Å². The second kappa shape index (κ2) is 21.1. The molecule has 0 spiro atoms. The Kier molecular flexibility index (Phi) is 19.7. The van der Waals surface area contributed by atoms with E-state index in [0.717, 1.165) is 17.5 Å². The van der Waals surface area contributed by atoms with Gasteiger partial charge in [0.15, 0.2) is 0 Å². The molecule has 0 radical (unpaired) electrons. The zero-order chi connectivity index (χ0) is 36.5. The number of hydrogen-bond acceptors (Lipinski definition) is 9. The standard InChI is InChI=1S/C31H55N5O9S2/c1-18(2)25(36-22(37)10-12-30(4,5)6)27(41)33-19(3)26(40)35-21(29(44)45)15-47-16-24(39)32-14-20(28(42)43)34-23(38)11-13-46-17-31(7,8)9/h18-21,25H,10-17H2,1-9H3,(H,32,39)(H,33,41)(H,34,38)(H,35,40)(H,36,37)(H,42,43)(H,44,45)/t19-,20?,21?,25-/m0/s1. The lowest BCUT2D eigenvalue weighted by Crippen LogP contribution is -2.56. The van der Waals surface area contributed by atoms with Crippen molar-refractivity contribution in [3.63, 3.8) is 0 Å². The highest BCUT2D eigenvalue weighted by atomic mass is 32.2. The molecule has 0 aromatic carbocycles. The largest absolute Gasteiger partial charge is 0.480 e. The number of hydrogen-bond donors (Lipinski definition) is 7. The van der Waals surface area contributed by atoms with Crippen molar-refractivity contribution < 1.29 is 43.8 Å². The second-order valence-electron chi connectivity index (χ2n) is 14.1. The van der Waals surface area contributed by atoms with E-state index >= 15 is 0 Å². The summed E-state index contributed by atoms with van der Waals surface area (Å²) < 4.78 is 0. The van der Waals surface area contributed by atoms with Gasteiger partial charge in [-0.3, -0.25) is 24.0 Å². The molecule has 7 N–H and O–H groups in total. The first kappa shape index (κ1) is 44.0. The van der Waals surface area contributed by atoms with E-state index in [-0.39, 0.29) is 53.5 Å². The van der Waals surface area contributed by atoms with Crippen LogP contribution in [0.15, 0.2) is 0 Å². The van der Waals surface area contributed by atoms with Crippen LogP contribution in [0.3, 0.4) is 0 Å². The fourth-order valence-corrected chi connectivity index (χ4v) is 5.61. The van der Waals surface area contributed by atoms with E-state index in [0.29, 0.717) is 12.2 Å². The van der Waals surface area contributed by atoms with Gasteiger partial charge >= 0.3 is 11.9 Å². The van der Waals surface area contributed by atoms with Crippen LogP contribution in [-0.4, -0.2) is 105 Å². The number of carbonyl (C=O) groups excluding carboxylic acids is 5. The molecular weight excluding hydrogens is 651 g/mol. The average molecular weight is 706 g/mol. The van der Waals surface area contributed by atoms with Gasteiger partial charge in [0, 0.05) is 30.9 Å². The summed E-state index contributed by atoms with van der Waals surface area (Å²) in [7, 11) is 0. The molecule has 0 aliphatic rings. The fraction of sp³-hybridized carbons (Fsp3) is 0.774. The van der Waals surface area contributed by atoms with Crippen molar-refractivity contribution in [1.29, 1.82) is 0 Å². The molecule has 0 fully saturated rings. The molecule has 0 aliphatic carbocycles. The van der Waals surface area contributed by atoms with Crippen LogP contribution >= 0.6 is 23.5 Å². The van der Waals surface area contributed by atoms with E-state index in [9.17, 15) is 43.8 Å². The van der Waals surface area contributed by atoms with Crippen LogP contribution in [0.2, 0.25) is 0 Å². The van der Waals surface area contributed by atoms with Gasteiger partial charge < -0.3 is 36.8 Å². The number of carboxylic acids is 2. The van der Waals surface area contributed by atoms with Gasteiger partial charge in [0.2, 0.25) is 29.5 Å². The minimum atomic E-state index is -1.39. The molecule has 0 rings (SSSR count). The number of aliphatic carboxylic acids is 2. The molecular formula is C31H55N5O9S2. The van der Waals surface area contributed by atoms with E-state index in [4.69, 9.17) is 0 Å². The first-order valence-electron chi connectivity index (χ1n) is 15.6. The Hall–Kier alpha value is -3.01. The third-order valence-corrected chi connectivity index (χ3v) is 9.00. The number of rotatable bonds is 21. The third kappa shape index (κ3) is 21.5. The molecule has 0 bridgehead atoms. The van der Waals surface area contributed by atoms with E-state index in [1.807, 2.05) is 20.8 Å². The second-order valence-corrected chi connectivity index (χ2v) is 16.3. The first-order chi connectivity index (χ1) is 21.5. The fourth-order valence-electron chi connectivity index (χ4n) is 3.66. The van der Waals surface area contributed by atoms with Crippen LogP contribution in [0.25, 0.3) is 0 Å². The van der Waals surface area contributed by atoms with Crippen molar-refractivity contribution in [2.24, 2.45) is 16.7 Å². The highest BCUT2D eigenvalue weighted by Gasteiger charge is 2.29. The van der Waals surface area contributed by atoms with Crippen LogP contribution in [0, 0.1) is 16.7 Å². The number of nitrogens with one attached hydrogen (secondary N) is 5. The number of carboxylic acid groups (broad SMARTS) is 2. The summed E-state index contributed by atoms with van der Waals surface area (Å²) in [6, 6.07) is -4.74. The Balaban J connectivity index is 4.82.